The second-order valence-corrected chi connectivity index (χ2v) is 7.70. The molecule has 1 aliphatic rings. The summed E-state index contributed by atoms with van der Waals surface area (Å²) in [6.45, 7) is 8.79. The molecule has 0 aromatic heterocycles. The lowest BCUT2D eigenvalue weighted by molar-refractivity contribution is -0.311. The van der Waals surface area contributed by atoms with E-state index >= 15 is 0 Å². The number of piperidine rings is 1. The number of hydrogen-bond acceptors (Lipinski definition) is 5. The van der Waals surface area contributed by atoms with Crippen molar-refractivity contribution in [3.05, 3.63) is 35.9 Å². The summed E-state index contributed by atoms with van der Waals surface area (Å²) in [4.78, 5) is 14.2. The van der Waals surface area contributed by atoms with Gasteiger partial charge in [0.05, 0.1) is 13.2 Å². The molecular formula is C20H31NO5. The summed E-state index contributed by atoms with van der Waals surface area (Å²) in [5.41, 5.74) is 0.508. The third-order valence-electron chi connectivity index (χ3n) is 4.60. The van der Waals surface area contributed by atoms with Crippen LogP contribution in [0.1, 0.15) is 33.3 Å². The van der Waals surface area contributed by atoms with Crippen LogP contribution in [0.2, 0.25) is 0 Å². The fraction of sp³-hybridized carbons (Fsp3) is 0.650. The van der Waals surface area contributed by atoms with Crippen molar-refractivity contribution in [1.29, 1.82) is 0 Å². The van der Waals surface area contributed by atoms with Gasteiger partial charge in [-0.3, -0.25) is 0 Å². The Morgan fingerprint density at radius 2 is 1.77 bits per heavy atom. The summed E-state index contributed by atoms with van der Waals surface area (Å²) in [5, 5.41) is 0. The zero-order valence-electron chi connectivity index (χ0n) is 16.7. The van der Waals surface area contributed by atoms with E-state index in [1.165, 1.54) is 0 Å². The van der Waals surface area contributed by atoms with Crippen molar-refractivity contribution in [1.82, 2.24) is 4.90 Å². The van der Waals surface area contributed by atoms with E-state index in [4.69, 9.17) is 18.9 Å². The number of nitrogens with zero attached hydrogens (tertiary/aromatic N) is 1. The Hall–Kier alpha value is -1.63. The molecule has 0 saturated carbocycles. The molecule has 1 aromatic carbocycles. The van der Waals surface area contributed by atoms with Crippen molar-refractivity contribution < 1.29 is 23.7 Å². The van der Waals surface area contributed by atoms with E-state index in [9.17, 15) is 4.79 Å². The van der Waals surface area contributed by atoms with Gasteiger partial charge in [0, 0.05) is 26.7 Å². The molecule has 2 unspecified atom stereocenters. The molecule has 26 heavy (non-hydrogen) atoms. The molecule has 0 radical (unpaired) electrons. The van der Waals surface area contributed by atoms with Crippen LogP contribution in [0.15, 0.2) is 30.3 Å². The second kappa shape index (κ2) is 8.37. The van der Waals surface area contributed by atoms with Gasteiger partial charge in [-0.1, -0.05) is 37.3 Å². The van der Waals surface area contributed by atoms with E-state index in [-0.39, 0.29) is 12.0 Å². The van der Waals surface area contributed by atoms with Gasteiger partial charge in [-0.05, 0) is 26.3 Å². The summed E-state index contributed by atoms with van der Waals surface area (Å²) in [6, 6.07) is 9.90. The van der Waals surface area contributed by atoms with E-state index in [0.717, 1.165) is 5.56 Å². The minimum Gasteiger partial charge on any atom is -0.444 e. The van der Waals surface area contributed by atoms with E-state index < -0.39 is 17.5 Å². The highest BCUT2D eigenvalue weighted by molar-refractivity contribution is 5.68. The standard InChI is InChI=1S/C20H31NO5/c1-15-12-21(18(22)26-19(2,3)4)13-17(20(15,23-5)24-6)25-14-16-10-8-7-9-11-16/h7-11,15,17H,12-14H2,1-6H3. The lowest BCUT2D eigenvalue weighted by atomic mass is 9.89. The monoisotopic (exact) mass is 365 g/mol. The smallest absolute Gasteiger partial charge is 0.410 e. The van der Waals surface area contributed by atoms with Gasteiger partial charge < -0.3 is 23.8 Å². The maximum atomic E-state index is 12.5. The largest absolute Gasteiger partial charge is 0.444 e. The summed E-state index contributed by atoms with van der Waals surface area (Å²) >= 11 is 0. The summed E-state index contributed by atoms with van der Waals surface area (Å²) in [5.74, 6) is -0.993. The molecule has 1 fully saturated rings. The molecule has 6 heteroatoms. The van der Waals surface area contributed by atoms with Gasteiger partial charge in [-0.15, -0.1) is 0 Å². The first kappa shape index (κ1) is 20.7. The van der Waals surface area contributed by atoms with E-state index in [0.29, 0.717) is 19.7 Å². The third-order valence-corrected chi connectivity index (χ3v) is 4.60. The molecule has 1 amide bonds. The summed E-state index contributed by atoms with van der Waals surface area (Å²) in [6.07, 6.45) is -0.785. The molecule has 1 aromatic rings. The Balaban J connectivity index is 2.16. The topological polar surface area (TPSA) is 57.2 Å². The second-order valence-electron chi connectivity index (χ2n) is 7.70. The van der Waals surface area contributed by atoms with Crippen LogP contribution < -0.4 is 0 Å². The lowest BCUT2D eigenvalue weighted by Gasteiger charge is -2.49. The number of likely N-dealkylation sites (tertiary alicyclic amines) is 1. The number of hydrogen-bond donors (Lipinski definition) is 0. The Morgan fingerprint density at radius 3 is 2.31 bits per heavy atom. The van der Waals surface area contributed by atoms with Crippen molar-refractivity contribution in [2.24, 2.45) is 5.92 Å². The van der Waals surface area contributed by atoms with Crippen molar-refractivity contribution in [2.75, 3.05) is 27.3 Å². The average molecular weight is 365 g/mol. The van der Waals surface area contributed by atoms with Gasteiger partial charge in [0.25, 0.3) is 0 Å². The van der Waals surface area contributed by atoms with Crippen LogP contribution in [-0.2, 0) is 25.6 Å². The highest BCUT2D eigenvalue weighted by Gasteiger charge is 2.51. The number of ether oxygens (including phenoxy) is 4. The van der Waals surface area contributed by atoms with Gasteiger partial charge >= 0.3 is 6.09 Å². The number of methoxy groups -OCH3 is 2. The van der Waals surface area contributed by atoms with Crippen molar-refractivity contribution in [2.45, 2.75) is 51.8 Å². The van der Waals surface area contributed by atoms with Crippen LogP contribution in [0.25, 0.3) is 0 Å². The predicted molar refractivity (Wildman–Crippen MR) is 98.7 cm³/mol. The SMILES string of the molecule is COC1(OC)C(C)CN(C(=O)OC(C)(C)C)CC1OCc1ccccc1. The van der Waals surface area contributed by atoms with Gasteiger partial charge in [0.1, 0.15) is 11.7 Å². The van der Waals surface area contributed by atoms with Gasteiger partial charge in [-0.25, -0.2) is 4.79 Å². The van der Waals surface area contributed by atoms with Crippen LogP contribution in [-0.4, -0.2) is 55.8 Å². The normalized spacial score (nSPS) is 22.9. The van der Waals surface area contributed by atoms with Crippen molar-refractivity contribution in [3.8, 4) is 0 Å². The molecule has 0 N–H and O–H groups in total. The van der Waals surface area contributed by atoms with Crippen LogP contribution in [0, 0.1) is 5.92 Å². The van der Waals surface area contributed by atoms with Gasteiger partial charge in [-0.2, -0.15) is 0 Å². The first-order valence-corrected chi connectivity index (χ1v) is 8.95. The fourth-order valence-electron chi connectivity index (χ4n) is 3.34. The van der Waals surface area contributed by atoms with E-state index in [2.05, 4.69) is 0 Å². The quantitative estimate of drug-likeness (QED) is 0.748. The number of benzene rings is 1. The average Bonchev–Trinajstić information content (AvgIpc) is 2.59. The molecule has 146 valence electrons. The van der Waals surface area contributed by atoms with Crippen molar-refractivity contribution in [3.63, 3.8) is 0 Å². The minimum absolute atomic E-state index is 0.0838. The molecule has 1 heterocycles. The molecule has 2 rings (SSSR count). The molecular weight excluding hydrogens is 334 g/mol. The molecule has 0 aliphatic carbocycles. The molecule has 1 aliphatic heterocycles. The highest BCUT2D eigenvalue weighted by atomic mass is 16.7. The summed E-state index contributed by atoms with van der Waals surface area (Å²) in [7, 11) is 3.23. The maximum Gasteiger partial charge on any atom is 0.410 e. The Labute approximate surface area is 156 Å². The number of carbonyl (C=O) groups excluding carboxylic acids is 1. The highest BCUT2D eigenvalue weighted by Crippen LogP contribution is 2.35. The molecule has 0 spiro atoms. The Kier molecular flexibility index (Phi) is 6.66. The number of rotatable bonds is 5. The molecule has 2 atom stereocenters. The van der Waals surface area contributed by atoms with Gasteiger partial charge in [0.15, 0.2) is 5.79 Å². The van der Waals surface area contributed by atoms with Crippen LogP contribution in [0.3, 0.4) is 0 Å². The van der Waals surface area contributed by atoms with E-state index in [1.54, 1.807) is 19.1 Å². The van der Waals surface area contributed by atoms with Crippen LogP contribution in [0.4, 0.5) is 4.79 Å². The maximum absolute atomic E-state index is 12.5. The Morgan fingerprint density at radius 1 is 1.15 bits per heavy atom. The minimum atomic E-state index is -0.909. The van der Waals surface area contributed by atoms with Gasteiger partial charge in [0.2, 0.25) is 0 Å². The number of amides is 1. The van der Waals surface area contributed by atoms with Crippen LogP contribution in [0.5, 0.6) is 0 Å². The third kappa shape index (κ3) is 4.75. The zero-order valence-corrected chi connectivity index (χ0v) is 16.7. The first-order valence-electron chi connectivity index (χ1n) is 8.95. The fourth-order valence-corrected chi connectivity index (χ4v) is 3.34. The van der Waals surface area contributed by atoms with Crippen LogP contribution >= 0.6 is 0 Å². The van der Waals surface area contributed by atoms with E-state index in [1.807, 2.05) is 58.0 Å². The lowest BCUT2D eigenvalue weighted by Crippen LogP contribution is -2.64. The Bertz CT molecular complexity index is 580. The molecule has 1 saturated heterocycles. The number of carbonyl (C=O) groups is 1. The molecule has 6 nitrogen and oxygen atoms in total. The van der Waals surface area contributed by atoms with Crippen molar-refractivity contribution >= 4 is 6.09 Å². The molecule has 0 bridgehead atoms. The zero-order chi connectivity index (χ0) is 19.4. The predicted octanol–water partition coefficient (Wildman–Crippen LogP) is 3.45. The first-order chi connectivity index (χ1) is 12.2. The summed E-state index contributed by atoms with van der Waals surface area (Å²) < 4.78 is 23.2.